The summed E-state index contributed by atoms with van der Waals surface area (Å²) in [5.74, 6) is 1.18. The van der Waals surface area contributed by atoms with Gasteiger partial charge < -0.3 is 10.3 Å². The SMILES string of the molecule is CC(C)(CCCN1CCn2ccnc2C1)C(N)=S. The molecule has 1 aliphatic heterocycles. The summed E-state index contributed by atoms with van der Waals surface area (Å²) in [6.45, 7) is 8.46. The minimum Gasteiger partial charge on any atom is -0.393 e. The van der Waals surface area contributed by atoms with Gasteiger partial charge in [-0.3, -0.25) is 4.90 Å². The van der Waals surface area contributed by atoms with Gasteiger partial charge in [0.15, 0.2) is 0 Å². The summed E-state index contributed by atoms with van der Waals surface area (Å²) in [4.78, 5) is 7.45. The molecule has 0 spiro atoms. The Morgan fingerprint density at radius 3 is 3.00 bits per heavy atom. The summed E-state index contributed by atoms with van der Waals surface area (Å²) in [7, 11) is 0. The molecular weight excluding hydrogens is 244 g/mol. The van der Waals surface area contributed by atoms with Crippen molar-refractivity contribution >= 4 is 17.2 Å². The van der Waals surface area contributed by atoms with Gasteiger partial charge in [-0.1, -0.05) is 26.1 Å². The Kier molecular flexibility index (Phi) is 4.02. The van der Waals surface area contributed by atoms with Crippen LogP contribution in [0.4, 0.5) is 0 Å². The van der Waals surface area contributed by atoms with Crippen molar-refractivity contribution in [2.24, 2.45) is 11.1 Å². The third kappa shape index (κ3) is 3.09. The molecule has 0 atom stereocenters. The molecule has 0 saturated carbocycles. The summed E-state index contributed by atoms with van der Waals surface area (Å²) >= 11 is 5.09. The van der Waals surface area contributed by atoms with Crippen molar-refractivity contribution < 1.29 is 0 Å². The maximum absolute atomic E-state index is 5.74. The number of aromatic nitrogens is 2. The smallest absolute Gasteiger partial charge is 0.122 e. The van der Waals surface area contributed by atoms with Crippen LogP contribution >= 0.6 is 12.2 Å². The second kappa shape index (κ2) is 5.36. The highest BCUT2D eigenvalue weighted by atomic mass is 32.1. The van der Waals surface area contributed by atoms with Crippen molar-refractivity contribution in [3.05, 3.63) is 18.2 Å². The maximum atomic E-state index is 5.74. The van der Waals surface area contributed by atoms with Gasteiger partial charge in [-0.2, -0.15) is 0 Å². The summed E-state index contributed by atoms with van der Waals surface area (Å²) in [5, 5.41) is 0. The lowest BCUT2D eigenvalue weighted by molar-refractivity contribution is 0.207. The molecule has 100 valence electrons. The first kappa shape index (κ1) is 13.5. The normalized spacial score (nSPS) is 16.6. The highest BCUT2D eigenvalue weighted by molar-refractivity contribution is 7.80. The van der Waals surface area contributed by atoms with Crippen molar-refractivity contribution in [2.45, 2.75) is 39.8 Å². The van der Waals surface area contributed by atoms with Crippen LogP contribution in [0.2, 0.25) is 0 Å². The molecule has 0 unspecified atom stereocenters. The monoisotopic (exact) mass is 266 g/mol. The van der Waals surface area contributed by atoms with Crippen LogP contribution < -0.4 is 5.73 Å². The van der Waals surface area contributed by atoms with E-state index in [4.69, 9.17) is 18.0 Å². The van der Waals surface area contributed by atoms with E-state index in [-0.39, 0.29) is 5.41 Å². The van der Waals surface area contributed by atoms with E-state index in [2.05, 4.69) is 34.5 Å². The lowest BCUT2D eigenvalue weighted by Crippen LogP contribution is -2.35. The van der Waals surface area contributed by atoms with E-state index >= 15 is 0 Å². The van der Waals surface area contributed by atoms with Crippen molar-refractivity contribution in [3.8, 4) is 0 Å². The number of fused-ring (bicyclic) bond motifs is 1. The second-order valence-corrected chi connectivity index (χ2v) is 6.10. The summed E-state index contributed by atoms with van der Waals surface area (Å²) in [6.07, 6.45) is 6.12. The second-order valence-electron chi connectivity index (χ2n) is 5.66. The molecule has 0 aliphatic carbocycles. The Balaban J connectivity index is 1.78. The van der Waals surface area contributed by atoms with Crippen molar-refractivity contribution in [1.82, 2.24) is 14.5 Å². The predicted octanol–water partition coefficient (Wildman–Crippen LogP) is 1.79. The largest absolute Gasteiger partial charge is 0.393 e. The quantitative estimate of drug-likeness (QED) is 0.826. The molecule has 2 heterocycles. The van der Waals surface area contributed by atoms with Gasteiger partial charge in [0.05, 0.1) is 11.5 Å². The van der Waals surface area contributed by atoms with Crippen LogP contribution in [0.1, 0.15) is 32.5 Å². The Morgan fingerprint density at radius 2 is 2.28 bits per heavy atom. The van der Waals surface area contributed by atoms with E-state index in [9.17, 15) is 0 Å². The first-order valence-corrected chi connectivity index (χ1v) is 6.92. The highest BCUT2D eigenvalue weighted by Crippen LogP contribution is 2.23. The molecule has 0 bridgehead atoms. The summed E-state index contributed by atoms with van der Waals surface area (Å²) in [6, 6.07) is 0. The van der Waals surface area contributed by atoms with Crippen LogP contribution in [0.15, 0.2) is 12.4 Å². The predicted molar refractivity (Wildman–Crippen MR) is 77.3 cm³/mol. The molecule has 1 aromatic heterocycles. The maximum Gasteiger partial charge on any atom is 0.122 e. The third-order valence-electron chi connectivity index (χ3n) is 3.77. The molecule has 0 radical (unpaired) electrons. The van der Waals surface area contributed by atoms with E-state index in [1.807, 2.05) is 6.20 Å². The van der Waals surface area contributed by atoms with E-state index < -0.39 is 0 Å². The number of nitrogens with zero attached hydrogens (tertiary/aromatic N) is 3. The minimum atomic E-state index is -0.0242. The Morgan fingerprint density at radius 1 is 1.50 bits per heavy atom. The van der Waals surface area contributed by atoms with Crippen LogP contribution in [0.5, 0.6) is 0 Å². The van der Waals surface area contributed by atoms with Crippen molar-refractivity contribution in [2.75, 3.05) is 13.1 Å². The highest BCUT2D eigenvalue weighted by Gasteiger charge is 2.22. The Hall–Kier alpha value is -0.940. The molecule has 1 aliphatic rings. The molecule has 18 heavy (non-hydrogen) atoms. The number of thiocarbonyl (C=S) groups is 1. The standard InChI is InChI=1S/C13H22N4S/c1-13(2,12(14)18)4-3-6-16-8-9-17-7-5-15-11(17)10-16/h5,7H,3-4,6,8-10H2,1-2H3,(H2,14,18). The van der Waals surface area contributed by atoms with E-state index in [1.54, 1.807) is 0 Å². The van der Waals surface area contributed by atoms with E-state index in [0.717, 1.165) is 39.0 Å². The zero-order valence-corrected chi connectivity index (χ0v) is 12.0. The molecular formula is C13H22N4S. The van der Waals surface area contributed by atoms with Gasteiger partial charge >= 0.3 is 0 Å². The van der Waals surface area contributed by atoms with E-state index in [1.165, 1.54) is 5.82 Å². The van der Waals surface area contributed by atoms with Crippen LogP contribution in [0.25, 0.3) is 0 Å². The van der Waals surface area contributed by atoms with Gasteiger partial charge in [0, 0.05) is 30.9 Å². The Labute approximate surface area is 114 Å². The van der Waals surface area contributed by atoms with Crippen LogP contribution in [-0.2, 0) is 13.1 Å². The third-order valence-corrected chi connectivity index (χ3v) is 4.32. The molecule has 5 heteroatoms. The minimum absolute atomic E-state index is 0.0242. The number of hydrogen-bond donors (Lipinski definition) is 1. The van der Waals surface area contributed by atoms with E-state index in [0.29, 0.717) is 4.99 Å². The fourth-order valence-electron chi connectivity index (χ4n) is 2.28. The lowest BCUT2D eigenvalue weighted by atomic mass is 9.88. The number of nitrogens with two attached hydrogens (primary N) is 1. The molecule has 0 aromatic carbocycles. The van der Waals surface area contributed by atoms with Crippen LogP contribution in [0.3, 0.4) is 0 Å². The Bertz CT molecular complexity index is 424. The zero-order chi connectivity index (χ0) is 13.2. The zero-order valence-electron chi connectivity index (χ0n) is 11.2. The van der Waals surface area contributed by atoms with Gasteiger partial charge in [-0.05, 0) is 19.4 Å². The molecule has 0 amide bonds. The number of hydrogen-bond acceptors (Lipinski definition) is 3. The number of rotatable bonds is 5. The van der Waals surface area contributed by atoms with Crippen molar-refractivity contribution in [3.63, 3.8) is 0 Å². The van der Waals surface area contributed by atoms with Gasteiger partial charge in [-0.15, -0.1) is 0 Å². The van der Waals surface area contributed by atoms with Gasteiger partial charge in [0.1, 0.15) is 5.82 Å². The fraction of sp³-hybridized carbons (Fsp3) is 0.692. The first-order valence-electron chi connectivity index (χ1n) is 6.51. The lowest BCUT2D eigenvalue weighted by Gasteiger charge is -2.29. The molecule has 4 nitrogen and oxygen atoms in total. The molecule has 1 aromatic rings. The average Bonchev–Trinajstić information content (AvgIpc) is 2.75. The molecule has 2 N–H and O–H groups in total. The summed E-state index contributed by atoms with van der Waals surface area (Å²) in [5.41, 5.74) is 5.72. The number of imidazole rings is 1. The van der Waals surface area contributed by atoms with Crippen molar-refractivity contribution in [1.29, 1.82) is 0 Å². The summed E-state index contributed by atoms with van der Waals surface area (Å²) < 4.78 is 2.23. The molecule has 0 fully saturated rings. The van der Waals surface area contributed by atoms with Gasteiger partial charge in [0.2, 0.25) is 0 Å². The first-order chi connectivity index (χ1) is 8.49. The van der Waals surface area contributed by atoms with Crippen LogP contribution in [-0.4, -0.2) is 32.5 Å². The molecule has 0 saturated heterocycles. The van der Waals surface area contributed by atoms with Gasteiger partial charge in [0.25, 0.3) is 0 Å². The average molecular weight is 266 g/mol. The van der Waals surface area contributed by atoms with Gasteiger partial charge in [-0.25, -0.2) is 4.98 Å². The topological polar surface area (TPSA) is 47.1 Å². The molecule has 2 rings (SSSR count). The van der Waals surface area contributed by atoms with Crippen LogP contribution in [0, 0.1) is 5.41 Å². The fourth-order valence-corrected chi connectivity index (χ4v) is 2.38.